The number of ether oxygens (including phenoxy) is 1. The highest BCUT2D eigenvalue weighted by Crippen LogP contribution is 2.34. The minimum absolute atomic E-state index is 0.114. The minimum Gasteiger partial charge on any atom is -0.508 e. The zero-order valence-electron chi connectivity index (χ0n) is 21.3. The van der Waals surface area contributed by atoms with Gasteiger partial charge in [0.15, 0.2) is 5.01 Å². The SMILES string of the molecule is Cc1nc(C(=O)N[C@H](c2cc3ccccc3[nH]2)c2cc(F)ccc2O)sc1-c1ccc(N2CCOCC2)cc1. The zero-order valence-corrected chi connectivity index (χ0v) is 22.1. The number of carbonyl (C=O) groups is 1. The van der Waals surface area contributed by atoms with E-state index < -0.39 is 17.8 Å². The summed E-state index contributed by atoms with van der Waals surface area (Å²) in [6.07, 6.45) is 0. The normalized spacial score (nSPS) is 14.5. The maximum Gasteiger partial charge on any atom is 0.281 e. The second-order valence-corrected chi connectivity index (χ2v) is 10.5. The molecule has 0 radical (unpaired) electrons. The number of aromatic amines is 1. The third-order valence-electron chi connectivity index (χ3n) is 6.93. The van der Waals surface area contributed by atoms with Gasteiger partial charge in [0.05, 0.1) is 29.8 Å². The Hall–Kier alpha value is -4.21. The number of morpholine rings is 1. The molecule has 9 heteroatoms. The number of carbonyl (C=O) groups excluding carboxylic acids is 1. The van der Waals surface area contributed by atoms with Crippen LogP contribution in [0.15, 0.2) is 72.8 Å². The number of nitrogens with one attached hydrogen (secondary N) is 2. The van der Waals surface area contributed by atoms with E-state index in [-0.39, 0.29) is 16.3 Å². The van der Waals surface area contributed by atoms with Crippen molar-refractivity contribution >= 4 is 33.8 Å². The fourth-order valence-corrected chi connectivity index (χ4v) is 5.91. The van der Waals surface area contributed by atoms with Crippen molar-refractivity contribution in [1.29, 1.82) is 0 Å². The van der Waals surface area contributed by atoms with Crippen molar-refractivity contribution < 1.29 is 19.0 Å². The molecule has 7 nitrogen and oxygen atoms in total. The number of halogens is 1. The summed E-state index contributed by atoms with van der Waals surface area (Å²) in [7, 11) is 0. The van der Waals surface area contributed by atoms with Crippen LogP contribution in [0.5, 0.6) is 5.75 Å². The fourth-order valence-electron chi connectivity index (χ4n) is 4.93. The van der Waals surface area contributed by atoms with Gasteiger partial charge in [0.1, 0.15) is 11.6 Å². The lowest BCUT2D eigenvalue weighted by atomic mass is 10.0. The number of nitrogens with zero attached hydrogens (tertiary/aromatic N) is 2. The number of aryl methyl sites for hydroxylation is 1. The number of thiazole rings is 1. The van der Waals surface area contributed by atoms with Crippen LogP contribution in [-0.4, -0.2) is 47.3 Å². The standard InChI is InChI=1S/C30H27FN4O3S/c1-18-28(19-6-9-22(10-7-19)35-12-14-38-15-13-35)39-30(32-18)29(37)34-27(23-17-21(31)8-11-26(23)36)25-16-20-4-2-3-5-24(20)33-25/h2-11,16-17,27,33,36H,12-15H2,1H3,(H,34,37)/t27-/m0/s1. The Labute approximate surface area is 228 Å². The molecule has 0 unspecified atom stereocenters. The first kappa shape index (κ1) is 25.1. The van der Waals surface area contributed by atoms with Crippen LogP contribution in [0.25, 0.3) is 21.3 Å². The summed E-state index contributed by atoms with van der Waals surface area (Å²) < 4.78 is 19.7. The van der Waals surface area contributed by atoms with E-state index in [1.54, 1.807) is 0 Å². The summed E-state index contributed by atoms with van der Waals surface area (Å²) in [6.45, 7) is 5.05. The predicted octanol–water partition coefficient (Wildman–Crippen LogP) is 5.80. The van der Waals surface area contributed by atoms with Crippen LogP contribution < -0.4 is 10.2 Å². The number of aromatic hydroxyl groups is 1. The van der Waals surface area contributed by atoms with Gasteiger partial charge in [-0.25, -0.2) is 9.37 Å². The molecule has 1 aliphatic heterocycles. The van der Waals surface area contributed by atoms with Crippen LogP contribution in [0.2, 0.25) is 0 Å². The number of hydrogen-bond acceptors (Lipinski definition) is 6. The Morgan fingerprint density at radius 3 is 2.64 bits per heavy atom. The first-order valence-corrected chi connectivity index (χ1v) is 13.6. The second kappa shape index (κ2) is 10.5. The van der Waals surface area contributed by atoms with E-state index >= 15 is 0 Å². The van der Waals surface area contributed by atoms with Crippen molar-refractivity contribution in [3.63, 3.8) is 0 Å². The topological polar surface area (TPSA) is 90.5 Å². The number of rotatable bonds is 6. The van der Waals surface area contributed by atoms with E-state index in [1.165, 1.54) is 29.5 Å². The van der Waals surface area contributed by atoms with Gasteiger partial charge in [-0.1, -0.05) is 30.3 Å². The number of fused-ring (bicyclic) bond motifs is 1. The lowest BCUT2D eigenvalue weighted by Gasteiger charge is -2.28. The largest absolute Gasteiger partial charge is 0.508 e. The van der Waals surface area contributed by atoms with Crippen LogP contribution in [0, 0.1) is 12.7 Å². The van der Waals surface area contributed by atoms with E-state index in [4.69, 9.17) is 4.74 Å². The van der Waals surface area contributed by atoms with Gasteiger partial charge in [-0.15, -0.1) is 11.3 Å². The quantitative estimate of drug-likeness (QED) is 0.252. The molecule has 198 valence electrons. The van der Waals surface area contributed by atoms with Gasteiger partial charge < -0.3 is 25.0 Å². The fraction of sp³-hybridized carbons (Fsp3) is 0.200. The molecular formula is C30H27FN4O3S. The van der Waals surface area contributed by atoms with Gasteiger partial charge in [0, 0.05) is 35.6 Å². The van der Waals surface area contributed by atoms with E-state index in [9.17, 15) is 14.3 Å². The van der Waals surface area contributed by atoms with Gasteiger partial charge in [-0.3, -0.25) is 4.79 Å². The maximum atomic E-state index is 14.2. The number of hydrogen-bond donors (Lipinski definition) is 3. The molecule has 5 aromatic rings. The molecule has 3 heterocycles. The lowest BCUT2D eigenvalue weighted by molar-refractivity contribution is 0.0941. The van der Waals surface area contributed by atoms with Gasteiger partial charge in [0.2, 0.25) is 0 Å². The Bertz CT molecular complexity index is 1610. The average molecular weight is 543 g/mol. The van der Waals surface area contributed by atoms with Crippen molar-refractivity contribution in [3.05, 3.63) is 101 Å². The molecule has 1 atom stereocenters. The molecule has 0 bridgehead atoms. The van der Waals surface area contributed by atoms with Gasteiger partial charge in [-0.2, -0.15) is 0 Å². The molecule has 0 spiro atoms. The molecule has 0 saturated carbocycles. The van der Waals surface area contributed by atoms with Crippen molar-refractivity contribution in [2.45, 2.75) is 13.0 Å². The molecule has 1 fully saturated rings. The Morgan fingerprint density at radius 2 is 1.87 bits per heavy atom. The highest BCUT2D eigenvalue weighted by atomic mass is 32.1. The molecule has 0 aliphatic carbocycles. The summed E-state index contributed by atoms with van der Waals surface area (Å²) >= 11 is 1.30. The highest BCUT2D eigenvalue weighted by molar-refractivity contribution is 7.17. The number of para-hydroxylation sites is 1. The van der Waals surface area contributed by atoms with Gasteiger partial charge in [0.25, 0.3) is 5.91 Å². The van der Waals surface area contributed by atoms with E-state index in [2.05, 4.69) is 32.3 Å². The molecule has 1 amide bonds. The molecule has 3 N–H and O–H groups in total. The summed E-state index contributed by atoms with van der Waals surface area (Å²) in [5.74, 6) is -1.03. The maximum absolute atomic E-state index is 14.2. The number of amides is 1. The highest BCUT2D eigenvalue weighted by Gasteiger charge is 2.25. The predicted molar refractivity (Wildman–Crippen MR) is 151 cm³/mol. The number of benzene rings is 3. The minimum atomic E-state index is -0.818. The summed E-state index contributed by atoms with van der Waals surface area (Å²) in [5, 5.41) is 14.8. The third kappa shape index (κ3) is 5.10. The monoisotopic (exact) mass is 542 g/mol. The summed E-state index contributed by atoms with van der Waals surface area (Å²) in [6, 6.07) is 20.7. The van der Waals surface area contributed by atoms with Crippen molar-refractivity contribution in [3.8, 4) is 16.2 Å². The number of aromatic nitrogens is 2. The summed E-state index contributed by atoms with van der Waals surface area (Å²) in [4.78, 5) is 24.5. The molecule has 6 rings (SSSR count). The Kier molecular flexibility index (Phi) is 6.76. The van der Waals surface area contributed by atoms with Crippen LogP contribution in [0.1, 0.15) is 32.8 Å². The Morgan fingerprint density at radius 1 is 1.10 bits per heavy atom. The molecule has 39 heavy (non-hydrogen) atoms. The number of phenols is 1. The average Bonchev–Trinajstić information content (AvgIpc) is 3.57. The number of anilines is 1. The smallest absolute Gasteiger partial charge is 0.281 e. The van der Waals surface area contributed by atoms with E-state index in [0.29, 0.717) is 5.69 Å². The molecule has 2 aromatic heterocycles. The lowest BCUT2D eigenvalue weighted by Crippen LogP contribution is -2.36. The number of phenolic OH excluding ortho intramolecular Hbond substituents is 1. The molecule has 1 aliphatic rings. The Balaban J connectivity index is 1.29. The van der Waals surface area contributed by atoms with E-state index in [0.717, 1.165) is 59.0 Å². The van der Waals surface area contributed by atoms with Crippen molar-refractivity contribution in [2.24, 2.45) is 0 Å². The van der Waals surface area contributed by atoms with Crippen LogP contribution in [0.4, 0.5) is 10.1 Å². The third-order valence-corrected chi connectivity index (χ3v) is 8.14. The molecule has 3 aromatic carbocycles. The van der Waals surface area contributed by atoms with Crippen molar-refractivity contribution in [2.75, 3.05) is 31.2 Å². The zero-order chi connectivity index (χ0) is 26.9. The molecule has 1 saturated heterocycles. The molecular weight excluding hydrogens is 515 g/mol. The first-order chi connectivity index (χ1) is 19.0. The van der Waals surface area contributed by atoms with E-state index in [1.807, 2.05) is 49.4 Å². The van der Waals surface area contributed by atoms with Crippen LogP contribution >= 0.6 is 11.3 Å². The van der Waals surface area contributed by atoms with Crippen LogP contribution in [0.3, 0.4) is 0 Å². The second-order valence-electron chi connectivity index (χ2n) is 9.50. The van der Waals surface area contributed by atoms with Gasteiger partial charge in [-0.05, 0) is 60.3 Å². The number of H-pyrrole nitrogens is 1. The first-order valence-electron chi connectivity index (χ1n) is 12.7. The van der Waals surface area contributed by atoms with Crippen molar-refractivity contribution in [1.82, 2.24) is 15.3 Å². The van der Waals surface area contributed by atoms with Gasteiger partial charge >= 0.3 is 0 Å². The summed E-state index contributed by atoms with van der Waals surface area (Å²) in [5.41, 5.74) is 4.62. The van der Waals surface area contributed by atoms with Crippen LogP contribution in [-0.2, 0) is 4.74 Å².